The first kappa shape index (κ1) is 22.0. The Morgan fingerprint density at radius 2 is 1.21 bits per heavy atom. The van der Waals surface area contributed by atoms with Gasteiger partial charge in [-0.15, -0.1) is 0 Å². The van der Waals surface area contributed by atoms with Gasteiger partial charge in [0.2, 0.25) is 0 Å². The van der Waals surface area contributed by atoms with Crippen molar-refractivity contribution < 1.29 is 9.22 Å². The summed E-state index contributed by atoms with van der Waals surface area (Å²) < 4.78 is 7.30. The summed E-state index contributed by atoms with van der Waals surface area (Å²) in [6, 6.07) is 20.5. The van der Waals surface area contributed by atoms with Gasteiger partial charge < -0.3 is 4.43 Å². The van der Waals surface area contributed by atoms with E-state index in [9.17, 15) is 4.79 Å². The molecule has 3 heteroatoms. The molecule has 156 valence electrons. The molecule has 1 saturated carbocycles. The van der Waals surface area contributed by atoms with E-state index >= 15 is 0 Å². The number of benzene rings is 2. The van der Waals surface area contributed by atoms with E-state index in [2.05, 4.69) is 78.9 Å². The molecule has 3 rings (SSSR count). The van der Waals surface area contributed by atoms with Gasteiger partial charge >= 0.3 is 0 Å². The van der Waals surface area contributed by atoms with Crippen molar-refractivity contribution in [2.24, 2.45) is 5.41 Å². The van der Waals surface area contributed by atoms with Crippen molar-refractivity contribution in [2.75, 3.05) is 0 Å². The Labute approximate surface area is 177 Å². The SMILES string of the molecule is CC(C)(C)C1(O[Si](C)(C)C(C)(C)C)CC(=O)C1(c1ccccc1)c1ccccc1. The van der Waals surface area contributed by atoms with Crippen LogP contribution in [0.5, 0.6) is 0 Å². The second kappa shape index (κ2) is 6.92. The van der Waals surface area contributed by atoms with Crippen molar-refractivity contribution in [1.82, 2.24) is 0 Å². The number of hydrogen-bond donors (Lipinski definition) is 0. The van der Waals surface area contributed by atoms with E-state index < -0.39 is 19.3 Å². The summed E-state index contributed by atoms with van der Waals surface area (Å²) in [6.45, 7) is 18.1. The number of carbonyl (C=O) groups excluding carboxylic acids is 1. The van der Waals surface area contributed by atoms with Crippen LogP contribution in [0.2, 0.25) is 18.1 Å². The van der Waals surface area contributed by atoms with Crippen LogP contribution in [0.3, 0.4) is 0 Å². The molecule has 0 aliphatic heterocycles. The highest BCUT2D eigenvalue weighted by Gasteiger charge is 2.73. The molecule has 0 N–H and O–H groups in total. The number of Topliss-reactive ketones (excluding diaryl/α,β-unsaturated/α-hetero) is 1. The van der Waals surface area contributed by atoms with Gasteiger partial charge in [0.15, 0.2) is 14.1 Å². The fourth-order valence-corrected chi connectivity index (χ4v) is 6.33. The first-order valence-corrected chi connectivity index (χ1v) is 13.5. The Balaban J connectivity index is 2.35. The van der Waals surface area contributed by atoms with Gasteiger partial charge in [0, 0.05) is 6.42 Å². The summed E-state index contributed by atoms with van der Waals surface area (Å²) in [4.78, 5) is 13.7. The summed E-state index contributed by atoms with van der Waals surface area (Å²) in [7, 11) is -2.16. The molecule has 0 amide bonds. The average molecular weight is 409 g/mol. The molecular weight excluding hydrogens is 372 g/mol. The lowest BCUT2D eigenvalue weighted by molar-refractivity contribution is -0.178. The zero-order valence-corrected chi connectivity index (χ0v) is 20.3. The lowest BCUT2D eigenvalue weighted by Crippen LogP contribution is -2.76. The van der Waals surface area contributed by atoms with Crippen LogP contribution >= 0.6 is 0 Å². The van der Waals surface area contributed by atoms with Crippen LogP contribution in [0.15, 0.2) is 60.7 Å². The number of rotatable bonds is 4. The van der Waals surface area contributed by atoms with Gasteiger partial charge in [0.05, 0.1) is 5.60 Å². The second-order valence-electron chi connectivity index (χ2n) is 11.0. The predicted molar refractivity (Wildman–Crippen MR) is 124 cm³/mol. The van der Waals surface area contributed by atoms with E-state index in [1.54, 1.807) is 0 Å². The van der Waals surface area contributed by atoms with E-state index in [4.69, 9.17) is 4.43 Å². The van der Waals surface area contributed by atoms with Gasteiger partial charge in [-0.05, 0) is 34.7 Å². The van der Waals surface area contributed by atoms with Crippen molar-refractivity contribution in [3.8, 4) is 0 Å². The maximum Gasteiger partial charge on any atom is 0.192 e. The minimum Gasteiger partial charge on any atom is -0.409 e. The van der Waals surface area contributed by atoms with Crippen LogP contribution < -0.4 is 0 Å². The first-order chi connectivity index (χ1) is 13.3. The van der Waals surface area contributed by atoms with Gasteiger partial charge in [-0.2, -0.15) is 0 Å². The molecular formula is C26H36O2Si. The molecule has 0 heterocycles. The van der Waals surface area contributed by atoms with Crippen LogP contribution in [-0.2, 0) is 14.6 Å². The van der Waals surface area contributed by atoms with Crippen molar-refractivity contribution >= 4 is 14.1 Å². The molecule has 2 aromatic carbocycles. The van der Waals surface area contributed by atoms with Gasteiger partial charge in [-0.3, -0.25) is 4.79 Å². The second-order valence-corrected chi connectivity index (χ2v) is 15.7. The predicted octanol–water partition coefficient (Wildman–Crippen LogP) is 6.75. The lowest BCUT2D eigenvalue weighted by atomic mass is 9.43. The smallest absolute Gasteiger partial charge is 0.192 e. The van der Waals surface area contributed by atoms with Crippen LogP contribution in [0.1, 0.15) is 59.1 Å². The molecule has 0 saturated heterocycles. The Bertz CT molecular complexity index is 833. The molecule has 1 fully saturated rings. The van der Waals surface area contributed by atoms with E-state index in [1.807, 2.05) is 36.4 Å². The Hall–Kier alpha value is -1.71. The number of ketones is 1. The molecule has 1 unspecified atom stereocenters. The third-order valence-corrected chi connectivity index (χ3v) is 11.8. The van der Waals surface area contributed by atoms with Crippen molar-refractivity contribution in [2.45, 2.75) is 77.1 Å². The molecule has 1 aliphatic rings. The topological polar surface area (TPSA) is 26.3 Å². The monoisotopic (exact) mass is 408 g/mol. The van der Waals surface area contributed by atoms with Gasteiger partial charge in [-0.25, -0.2) is 0 Å². The molecule has 0 bridgehead atoms. The third kappa shape index (κ3) is 3.14. The van der Waals surface area contributed by atoms with Gasteiger partial charge in [-0.1, -0.05) is 102 Å². The number of carbonyl (C=O) groups is 1. The maximum atomic E-state index is 13.7. The molecule has 29 heavy (non-hydrogen) atoms. The Morgan fingerprint density at radius 1 is 0.793 bits per heavy atom. The minimum atomic E-state index is -2.16. The van der Waals surface area contributed by atoms with Gasteiger partial charge in [0.25, 0.3) is 0 Å². The maximum absolute atomic E-state index is 13.7. The largest absolute Gasteiger partial charge is 0.409 e. The molecule has 0 spiro atoms. The quantitative estimate of drug-likeness (QED) is 0.523. The lowest BCUT2D eigenvalue weighted by Gasteiger charge is -2.66. The highest BCUT2D eigenvalue weighted by Crippen LogP contribution is 2.64. The normalized spacial score (nSPS) is 22.3. The molecule has 0 radical (unpaired) electrons. The van der Waals surface area contributed by atoms with Crippen LogP contribution in [0.4, 0.5) is 0 Å². The molecule has 2 aromatic rings. The van der Waals surface area contributed by atoms with E-state index in [0.29, 0.717) is 6.42 Å². The van der Waals surface area contributed by atoms with Crippen LogP contribution in [0.25, 0.3) is 0 Å². The standard InChI is InChI=1S/C26H36O2Si/c1-23(2,3)25(28-29(7,8)24(4,5)6)19-22(27)26(25,20-15-11-9-12-16-20)21-17-13-10-14-18-21/h9-18H,19H2,1-8H3. The molecule has 1 aliphatic carbocycles. The summed E-state index contributed by atoms with van der Waals surface area (Å²) in [5.74, 6) is 0.253. The average Bonchev–Trinajstić information content (AvgIpc) is 2.61. The fourth-order valence-electron chi connectivity index (χ4n) is 4.62. The number of hydrogen-bond acceptors (Lipinski definition) is 2. The van der Waals surface area contributed by atoms with Crippen molar-refractivity contribution in [1.29, 1.82) is 0 Å². The van der Waals surface area contributed by atoms with Gasteiger partial charge in [0.1, 0.15) is 5.41 Å². The van der Waals surface area contributed by atoms with E-state index in [-0.39, 0.29) is 16.2 Å². The van der Waals surface area contributed by atoms with Crippen LogP contribution in [0, 0.1) is 5.41 Å². The summed E-state index contributed by atoms with van der Waals surface area (Å²) in [6.07, 6.45) is 0.451. The Morgan fingerprint density at radius 3 is 1.52 bits per heavy atom. The highest BCUT2D eigenvalue weighted by molar-refractivity contribution is 6.74. The summed E-state index contributed by atoms with van der Waals surface area (Å²) in [5.41, 5.74) is 0.473. The zero-order chi connectivity index (χ0) is 21.7. The minimum absolute atomic E-state index is 0.0585. The van der Waals surface area contributed by atoms with E-state index in [0.717, 1.165) is 11.1 Å². The van der Waals surface area contributed by atoms with Crippen molar-refractivity contribution in [3.63, 3.8) is 0 Å². The molecule has 2 nitrogen and oxygen atoms in total. The first-order valence-electron chi connectivity index (χ1n) is 10.6. The Kier molecular flexibility index (Phi) is 5.25. The molecule has 0 aromatic heterocycles. The zero-order valence-electron chi connectivity index (χ0n) is 19.3. The van der Waals surface area contributed by atoms with Crippen molar-refractivity contribution in [3.05, 3.63) is 71.8 Å². The summed E-state index contributed by atoms with van der Waals surface area (Å²) >= 11 is 0. The molecule has 1 atom stereocenters. The summed E-state index contributed by atoms with van der Waals surface area (Å²) in [5, 5.41) is 0.0585. The fraction of sp³-hybridized carbons (Fsp3) is 0.500. The highest BCUT2D eigenvalue weighted by atomic mass is 28.4. The third-order valence-electron chi connectivity index (χ3n) is 7.29. The van der Waals surface area contributed by atoms with E-state index in [1.165, 1.54) is 0 Å². The van der Waals surface area contributed by atoms with Crippen LogP contribution in [-0.4, -0.2) is 19.7 Å².